The summed E-state index contributed by atoms with van der Waals surface area (Å²) in [5.74, 6) is 2.18. The lowest BCUT2D eigenvalue weighted by Gasteiger charge is -2.16. The van der Waals surface area contributed by atoms with Crippen molar-refractivity contribution in [3.05, 3.63) is 65.5 Å². The summed E-state index contributed by atoms with van der Waals surface area (Å²) in [5, 5.41) is 4.03. The number of fused-ring (bicyclic) bond motifs is 1. The fourth-order valence-corrected chi connectivity index (χ4v) is 3.76. The molecule has 0 atom stereocenters. The number of anilines is 1. The van der Waals surface area contributed by atoms with Crippen LogP contribution in [-0.2, 0) is 17.0 Å². The first kappa shape index (κ1) is 16.8. The number of para-hydroxylation sites is 1. The molecule has 0 N–H and O–H groups in total. The van der Waals surface area contributed by atoms with E-state index in [-0.39, 0.29) is 5.91 Å². The number of carbonyl (C=O) groups excluding carboxylic acids is 1. The number of benzene rings is 2. The molecule has 0 fully saturated rings. The lowest BCUT2D eigenvalue weighted by molar-refractivity contribution is -0.116. The van der Waals surface area contributed by atoms with Gasteiger partial charge in [-0.2, -0.15) is 4.98 Å². The number of aryl methyl sites for hydroxylation is 1. The second kappa shape index (κ2) is 7.33. The van der Waals surface area contributed by atoms with Crippen LogP contribution in [-0.4, -0.2) is 28.3 Å². The minimum absolute atomic E-state index is 0.123. The largest absolute Gasteiger partial charge is 0.338 e. The van der Waals surface area contributed by atoms with E-state index in [1.54, 1.807) is 0 Å². The summed E-state index contributed by atoms with van der Waals surface area (Å²) in [5.41, 5.74) is 4.40. The van der Waals surface area contributed by atoms with E-state index in [1.165, 1.54) is 22.9 Å². The molecule has 1 aromatic heterocycles. The molecule has 26 heavy (non-hydrogen) atoms. The smallest absolute Gasteiger partial charge is 0.237 e. The zero-order valence-corrected chi connectivity index (χ0v) is 15.3. The van der Waals surface area contributed by atoms with Crippen LogP contribution in [0.4, 0.5) is 5.69 Å². The van der Waals surface area contributed by atoms with E-state index >= 15 is 0 Å². The monoisotopic (exact) mass is 365 g/mol. The molecule has 2 heterocycles. The molecule has 1 aliphatic rings. The summed E-state index contributed by atoms with van der Waals surface area (Å²) < 4.78 is 5.31. The molecule has 0 aliphatic carbocycles. The number of hydrogen-bond donors (Lipinski definition) is 0. The Bertz CT molecular complexity index is 921. The van der Waals surface area contributed by atoms with Crippen LogP contribution in [0, 0.1) is 6.92 Å². The molecule has 0 bridgehead atoms. The minimum atomic E-state index is 0.123. The predicted octanol–water partition coefficient (Wildman–Crippen LogP) is 3.87. The summed E-state index contributed by atoms with van der Waals surface area (Å²) in [6, 6.07) is 16.1. The van der Waals surface area contributed by atoms with Gasteiger partial charge in [0.1, 0.15) is 0 Å². The second-order valence-electron chi connectivity index (χ2n) is 6.29. The van der Waals surface area contributed by atoms with Crippen LogP contribution in [0.2, 0.25) is 0 Å². The fraction of sp³-hybridized carbons (Fsp3) is 0.250. The van der Waals surface area contributed by atoms with Crippen LogP contribution in [0.5, 0.6) is 0 Å². The average Bonchev–Trinajstić information content (AvgIpc) is 3.29. The molecule has 6 heteroatoms. The lowest BCUT2D eigenvalue weighted by Crippen LogP contribution is -2.30. The summed E-state index contributed by atoms with van der Waals surface area (Å²) in [4.78, 5) is 18.8. The molecule has 1 amide bonds. The van der Waals surface area contributed by atoms with Gasteiger partial charge in [-0.3, -0.25) is 4.79 Å². The molecule has 0 unspecified atom stereocenters. The van der Waals surface area contributed by atoms with Crippen molar-refractivity contribution >= 4 is 23.4 Å². The van der Waals surface area contributed by atoms with Crippen molar-refractivity contribution in [1.29, 1.82) is 0 Å². The van der Waals surface area contributed by atoms with Crippen LogP contribution in [0.1, 0.15) is 17.0 Å². The molecule has 0 saturated carbocycles. The first-order valence-corrected chi connectivity index (χ1v) is 9.72. The van der Waals surface area contributed by atoms with Gasteiger partial charge in [0.2, 0.25) is 17.6 Å². The van der Waals surface area contributed by atoms with Gasteiger partial charge in [-0.15, -0.1) is 11.8 Å². The molecule has 2 aromatic carbocycles. The molecule has 132 valence electrons. The molecule has 0 radical (unpaired) electrons. The van der Waals surface area contributed by atoms with E-state index < -0.39 is 0 Å². The van der Waals surface area contributed by atoms with Crippen molar-refractivity contribution in [2.24, 2.45) is 0 Å². The van der Waals surface area contributed by atoms with Gasteiger partial charge >= 0.3 is 0 Å². The Morgan fingerprint density at radius 2 is 2.00 bits per heavy atom. The van der Waals surface area contributed by atoms with Crippen molar-refractivity contribution in [3.63, 3.8) is 0 Å². The van der Waals surface area contributed by atoms with E-state index in [2.05, 4.69) is 16.2 Å². The lowest BCUT2D eigenvalue weighted by atomic mass is 10.1. The topological polar surface area (TPSA) is 59.2 Å². The SMILES string of the molecule is Cc1ccc(-c2noc(CSCC(=O)N3CCc4ccccc43)n2)cc1. The Labute approximate surface area is 156 Å². The van der Waals surface area contributed by atoms with E-state index in [4.69, 9.17) is 4.52 Å². The number of hydrogen-bond acceptors (Lipinski definition) is 5. The van der Waals surface area contributed by atoms with E-state index in [1.807, 2.05) is 54.3 Å². The number of nitrogens with zero attached hydrogens (tertiary/aromatic N) is 3. The van der Waals surface area contributed by atoms with E-state index in [0.29, 0.717) is 23.2 Å². The van der Waals surface area contributed by atoms with Crippen LogP contribution >= 0.6 is 11.8 Å². The summed E-state index contributed by atoms with van der Waals surface area (Å²) in [6.07, 6.45) is 0.927. The standard InChI is InChI=1S/C20H19N3O2S/c1-14-6-8-16(9-7-14)20-21-18(25-22-20)12-26-13-19(24)23-11-10-15-4-2-3-5-17(15)23/h2-9H,10-13H2,1H3. The maximum absolute atomic E-state index is 12.5. The third-order valence-electron chi connectivity index (χ3n) is 4.42. The normalized spacial score (nSPS) is 13.0. The fourth-order valence-electron chi connectivity index (χ4n) is 3.03. The third kappa shape index (κ3) is 3.51. The summed E-state index contributed by atoms with van der Waals surface area (Å²) >= 11 is 1.50. The second-order valence-corrected chi connectivity index (χ2v) is 7.28. The highest BCUT2D eigenvalue weighted by Gasteiger charge is 2.23. The summed E-state index contributed by atoms with van der Waals surface area (Å²) in [6.45, 7) is 2.80. The van der Waals surface area contributed by atoms with Gasteiger partial charge in [0, 0.05) is 17.8 Å². The first-order chi connectivity index (χ1) is 12.7. The quantitative estimate of drug-likeness (QED) is 0.687. The maximum Gasteiger partial charge on any atom is 0.237 e. The van der Waals surface area contributed by atoms with Crippen molar-refractivity contribution in [2.75, 3.05) is 17.2 Å². The molecule has 5 nitrogen and oxygen atoms in total. The highest BCUT2D eigenvalue weighted by Crippen LogP contribution is 2.28. The Hall–Kier alpha value is -2.60. The average molecular weight is 365 g/mol. The van der Waals surface area contributed by atoms with Crippen LogP contribution in [0.25, 0.3) is 11.4 Å². The molecular weight excluding hydrogens is 346 g/mol. The first-order valence-electron chi connectivity index (χ1n) is 8.56. The predicted molar refractivity (Wildman–Crippen MR) is 103 cm³/mol. The zero-order valence-electron chi connectivity index (χ0n) is 14.5. The van der Waals surface area contributed by atoms with Crippen molar-refractivity contribution < 1.29 is 9.32 Å². The van der Waals surface area contributed by atoms with Gasteiger partial charge in [0.05, 0.1) is 11.5 Å². The van der Waals surface area contributed by atoms with Gasteiger partial charge < -0.3 is 9.42 Å². The molecule has 1 aliphatic heterocycles. The summed E-state index contributed by atoms with van der Waals surface area (Å²) in [7, 11) is 0. The van der Waals surface area contributed by atoms with Gasteiger partial charge in [0.25, 0.3) is 0 Å². The molecule has 3 aromatic rings. The molecule has 4 rings (SSSR count). The number of amides is 1. The Morgan fingerprint density at radius 1 is 1.19 bits per heavy atom. The number of thioether (sulfide) groups is 1. The van der Waals surface area contributed by atoms with Gasteiger partial charge in [0.15, 0.2) is 0 Å². The minimum Gasteiger partial charge on any atom is -0.338 e. The third-order valence-corrected chi connectivity index (χ3v) is 5.32. The van der Waals surface area contributed by atoms with Gasteiger partial charge in [-0.25, -0.2) is 0 Å². The van der Waals surface area contributed by atoms with Crippen LogP contribution < -0.4 is 4.90 Å². The van der Waals surface area contributed by atoms with Gasteiger partial charge in [-0.1, -0.05) is 53.2 Å². The Balaban J connectivity index is 1.33. The maximum atomic E-state index is 12.5. The Morgan fingerprint density at radius 3 is 2.85 bits per heavy atom. The molecule has 0 spiro atoms. The number of rotatable bonds is 5. The van der Waals surface area contributed by atoms with Crippen LogP contribution in [0.15, 0.2) is 53.1 Å². The van der Waals surface area contributed by atoms with Gasteiger partial charge in [-0.05, 0) is 25.0 Å². The number of carbonyl (C=O) groups is 1. The molecular formula is C20H19N3O2S. The van der Waals surface area contributed by atoms with Crippen molar-refractivity contribution in [3.8, 4) is 11.4 Å². The molecule has 0 saturated heterocycles. The zero-order chi connectivity index (χ0) is 17.9. The Kier molecular flexibility index (Phi) is 4.75. The highest BCUT2D eigenvalue weighted by atomic mass is 32.2. The highest BCUT2D eigenvalue weighted by molar-refractivity contribution is 7.99. The van der Waals surface area contributed by atoms with Crippen molar-refractivity contribution in [1.82, 2.24) is 10.1 Å². The number of aromatic nitrogens is 2. The van der Waals surface area contributed by atoms with Crippen molar-refractivity contribution in [2.45, 2.75) is 19.1 Å². The van der Waals surface area contributed by atoms with E-state index in [9.17, 15) is 4.79 Å². The van der Waals surface area contributed by atoms with E-state index in [0.717, 1.165) is 24.2 Å². The van der Waals surface area contributed by atoms with Crippen LogP contribution in [0.3, 0.4) is 0 Å².